The molecule has 6 heteroatoms. The smallest absolute Gasteiger partial charge is 0.253 e. The lowest BCUT2D eigenvalue weighted by Gasteiger charge is -2.10. The third-order valence-electron chi connectivity index (χ3n) is 2.49. The van der Waals surface area contributed by atoms with Crippen LogP contribution in [0.1, 0.15) is 16.8 Å². The molecular formula is C10H12N2O3S. The zero-order valence-electron chi connectivity index (χ0n) is 8.59. The molecule has 1 aromatic heterocycles. The molecule has 0 aromatic carbocycles. The second-order valence-electron chi connectivity index (χ2n) is 3.82. The number of pyridine rings is 1. The largest absolute Gasteiger partial charge is 0.348 e. The molecule has 1 saturated heterocycles. The normalized spacial score (nSPS) is 22.9. The number of carbonyl (C=O) groups is 1. The van der Waals surface area contributed by atoms with E-state index >= 15 is 0 Å². The SMILES string of the molecule is O=C(N[C@@H]1CCS(=O)(=O)C1)c1cccnc1. The van der Waals surface area contributed by atoms with Gasteiger partial charge in [0, 0.05) is 18.4 Å². The zero-order valence-corrected chi connectivity index (χ0v) is 9.40. The summed E-state index contributed by atoms with van der Waals surface area (Å²) in [5.41, 5.74) is 0.451. The van der Waals surface area contributed by atoms with Gasteiger partial charge < -0.3 is 5.32 Å². The Morgan fingerprint density at radius 3 is 2.88 bits per heavy atom. The van der Waals surface area contributed by atoms with E-state index in [-0.39, 0.29) is 23.5 Å². The van der Waals surface area contributed by atoms with E-state index in [1.54, 1.807) is 18.3 Å². The minimum atomic E-state index is -2.95. The molecule has 1 aromatic rings. The van der Waals surface area contributed by atoms with Crippen LogP contribution in [0.5, 0.6) is 0 Å². The Morgan fingerprint density at radius 1 is 1.50 bits per heavy atom. The Hall–Kier alpha value is -1.43. The van der Waals surface area contributed by atoms with E-state index in [2.05, 4.69) is 10.3 Å². The fraction of sp³-hybridized carbons (Fsp3) is 0.400. The quantitative estimate of drug-likeness (QED) is 0.789. The van der Waals surface area contributed by atoms with Crippen molar-refractivity contribution < 1.29 is 13.2 Å². The minimum Gasteiger partial charge on any atom is -0.348 e. The van der Waals surface area contributed by atoms with E-state index in [4.69, 9.17) is 0 Å². The first kappa shape index (κ1) is 11.1. The van der Waals surface area contributed by atoms with Crippen LogP contribution in [0, 0.1) is 0 Å². The van der Waals surface area contributed by atoms with Crippen LogP contribution < -0.4 is 5.32 Å². The number of carbonyl (C=O) groups excluding carboxylic acids is 1. The summed E-state index contributed by atoms with van der Waals surface area (Å²) in [6.07, 6.45) is 3.53. The standard InChI is InChI=1S/C10H12N2O3S/c13-10(8-2-1-4-11-6-8)12-9-3-5-16(14,15)7-9/h1-2,4,6,9H,3,5,7H2,(H,12,13)/t9-/m1/s1. The first-order chi connectivity index (χ1) is 7.57. The second-order valence-corrected chi connectivity index (χ2v) is 6.04. The number of amides is 1. The van der Waals surface area contributed by atoms with E-state index in [9.17, 15) is 13.2 Å². The van der Waals surface area contributed by atoms with Gasteiger partial charge in [0.05, 0.1) is 17.1 Å². The Balaban J connectivity index is 1.99. The number of nitrogens with zero attached hydrogens (tertiary/aromatic N) is 1. The highest BCUT2D eigenvalue weighted by Gasteiger charge is 2.29. The van der Waals surface area contributed by atoms with Crippen LogP contribution in [-0.2, 0) is 9.84 Å². The number of hydrogen-bond donors (Lipinski definition) is 1. The zero-order chi connectivity index (χ0) is 11.6. The highest BCUT2D eigenvalue weighted by atomic mass is 32.2. The Morgan fingerprint density at radius 2 is 2.31 bits per heavy atom. The van der Waals surface area contributed by atoms with Gasteiger partial charge >= 0.3 is 0 Å². The van der Waals surface area contributed by atoms with Crippen molar-refractivity contribution >= 4 is 15.7 Å². The van der Waals surface area contributed by atoms with Crippen molar-refractivity contribution in [2.24, 2.45) is 0 Å². The number of sulfone groups is 1. The molecule has 1 amide bonds. The molecule has 1 N–H and O–H groups in total. The summed E-state index contributed by atoms with van der Waals surface area (Å²) in [5.74, 6) is -0.0699. The van der Waals surface area contributed by atoms with E-state index < -0.39 is 9.84 Å². The maximum atomic E-state index is 11.7. The first-order valence-corrected chi connectivity index (χ1v) is 6.80. The maximum Gasteiger partial charge on any atom is 0.253 e. The number of aromatic nitrogens is 1. The molecular weight excluding hydrogens is 228 g/mol. The third-order valence-corrected chi connectivity index (χ3v) is 4.26. The molecule has 86 valence electrons. The highest BCUT2D eigenvalue weighted by molar-refractivity contribution is 7.91. The molecule has 16 heavy (non-hydrogen) atoms. The molecule has 2 rings (SSSR count). The Labute approximate surface area is 93.8 Å². The van der Waals surface area contributed by atoms with Crippen LogP contribution in [0.25, 0.3) is 0 Å². The summed E-state index contributed by atoms with van der Waals surface area (Å²) in [7, 11) is -2.95. The molecule has 0 unspecified atom stereocenters. The monoisotopic (exact) mass is 240 g/mol. The Bertz CT molecular complexity index is 484. The molecule has 1 aliphatic heterocycles. The van der Waals surface area contributed by atoms with Crippen molar-refractivity contribution in [3.05, 3.63) is 30.1 Å². The van der Waals surface area contributed by atoms with E-state index in [1.807, 2.05) is 0 Å². The molecule has 0 aliphatic carbocycles. The number of nitrogens with one attached hydrogen (secondary N) is 1. The lowest BCUT2D eigenvalue weighted by Crippen LogP contribution is -2.35. The highest BCUT2D eigenvalue weighted by Crippen LogP contribution is 2.11. The third kappa shape index (κ3) is 2.57. The average molecular weight is 240 g/mol. The van der Waals surface area contributed by atoms with Gasteiger partial charge in [-0.2, -0.15) is 0 Å². The van der Waals surface area contributed by atoms with Gasteiger partial charge in [0.25, 0.3) is 5.91 Å². The van der Waals surface area contributed by atoms with Gasteiger partial charge in [-0.25, -0.2) is 8.42 Å². The summed E-state index contributed by atoms with van der Waals surface area (Å²) < 4.78 is 22.4. The Kier molecular flexibility index (Phi) is 2.91. The number of hydrogen-bond acceptors (Lipinski definition) is 4. The van der Waals surface area contributed by atoms with Crippen molar-refractivity contribution in [2.45, 2.75) is 12.5 Å². The van der Waals surface area contributed by atoms with Gasteiger partial charge in [0.1, 0.15) is 0 Å². The lowest BCUT2D eigenvalue weighted by molar-refractivity contribution is 0.0941. The molecule has 1 fully saturated rings. The van der Waals surface area contributed by atoms with Gasteiger partial charge in [0.2, 0.25) is 0 Å². The van der Waals surface area contributed by atoms with Crippen molar-refractivity contribution in [2.75, 3.05) is 11.5 Å². The topological polar surface area (TPSA) is 76.1 Å². The molecule has 5 nitrogen and oxygen atoms in total. The van der Waals surface area contributed by atoms with Gasteiger partial charge in [-0.05, 0) is 18.6 Å². The van der Waals surface area contributed by atoms with Crippen molar-refractivity contribution in [3.8, 4) is 0 Å². The van der Waals surface area contributed by atoms with Gasteiger partial charge in [-0.15, -0.1) is 0 Å². The summed E-state index contributed by atoms with van der Waals surface area (Å²) in [4.78, 5) is 15.5. The van der Waals surface area contributed by atoms with Crippen LogP contribution in [0.3, 0.4) is 0 Å². The maximum absolute atomic E-state index is 11.7. The molecule has 1 aliphatic rings. The van der Waals surface area contributed by atoms with Gasteiger partial charge in [-0.1, -0.05) is 0 Å². The van der Waals surface area contributed by atoms with Crippen molar-refractivity contribution in [1.29, 1.82) is 0 Å². The summed E-state index contributed by atoms with van der Waals surface area (Å²) in [6.45, 7) is 0. The fourth-order valence-electron chi connectivity index (χ4n) is 1.67. The van der Waals surface area contributed by atoms with Crippen molar-refractivity contribution in [3.63, 3.8) is 0 Å². The predicted octanol–water partition coefficient (Wildman–Crippen LogP) is -0.00150. The lowest BCUT2D eigenvalue weighted by atomic mass is 10.2. The van der Waals surface area contributed by atoms with E-state index in [1.165, 1.54) is 6.20 Å². The fourth-order valence-corrected chi connectivity index (χ4v) is 3.35. The minimum absolute atomic E-state index is 0.0407. The van der Waals surface area contributed by atoms with Crippen molar-refractivity contribution in [1.82, 2.24) is 10.3 Å². The second kappa shape index (κ2) is 4.21. The molecule has 0 spiro atoms. The van der Waals surface area contributed by atoms with E-state index in [0.29, 0.717) is 12.0 Å². The summed E-state index contributed by atoms with van der Waals surface area (Å²) in [6, 6.07) is 3.05. The van der Waals surface area contributed by atoms with E-state index in [0.717, 1.165) is 0 Å². The molecule has 2 heterocycles. The molecule has 1 atom stereocenters. The predicted molar refractivity (Wildman–Crippen MR) is 58.8 cm³/mol. The van der Waals surface area contributed by atoms with Crippen LogP contribution in [0.15, 0.2) is 24.5 Å². The molecule has 0 bridgehead atoms. The first-order valence-electron chi connectivity index (χ1n) is 4.98. The molecule has 0 saturated carbocycles. The summed E-state index contributed by atoms with van der Waals surface area (Å²) in [5, 5.41) is 2.69. The van der Waals surface area contributed by atoms with Crippen LogP contribution in [-0.4, -0.2) is 36.9 Å². The van der Waals surface area contributed by atoms with Crippen LogP contribution in [0.4, 0.5) is 0 Å². The average Bonchev–Trinajstić information content (AvgIpc) is 2.59. The molecule has 0 radical (unpaired) electrons. The van der Waals surface area contributed by atoms with Crippen LogP contribution >= 0.6 is 0 Å². The summed E-state index contributed by atoms with van der Waals surface area (Å²) >= 11 is 0. The van der Waals surface area contributed by atoms with Gasteiger partial charge in [-0.3, -0.25) is 9.78 Å². The van der Waals surface area contributed by atoms with Gasteiger partial charge in [0.15, 0.2) is 9.84 Å². The van der Waals surface area contributed by atoms with Crippen LogP contribution in [0.2, 0.25) is 0 Å². The number of rotatable bonds is 2.